The smallest absolute Gasteiger partial charge is 0.226 e. The topological polar surface area (TPSA) is 32.3 Å². The van der Waals surface area contributed by atoms with E-state index < -0.39 is 0 Å². The van der Waals surface area contributed by atoms with Crippen LogP contribution in [0.2, 0.25) is 0 Å². The van der Waals surface area contributed by atoms with E-state index >= 15 is 0 Å². The first-order valence-corrected chi connectivity index (χ1v) is 8.81. The number of carbonyl (C=O) groups excluding carboxylic acids is 1. The van der Waals surface area contributed by atoms with Crippen LogP contribution >= 0.6 is 0 Å². The van der Waals surface area contributed by atoms with Gasteiger partial charge in [-0.15, -0.1) is 0 Å². The molecule has 1 aliphatic heterocycles. The molecule has 112 valence electrons. The molecule has 0 aromatic heterocycles. The highest BCUT2D eigenvalue weighted by Gasteiger charge is 2.68. The summed E-state index contributed by atoms with van der Waals surface area (Å²) in [4.78, 5) is 15.0. The number of piperidine rings is 1. The second-order valence-electron chi connectivity index (χ2n) is 7.59. The van der Waals surface area contributed by atoms with Crippen LogP contribution < -0.4 is 5.32 Å². The van der Waals surface area contributed by atoms with E-state index in [1.165, 1.54) is 38.5 Å². The maximum Gasteiger partial charge on any atom is 0.226 e. The molecule has 3 saturated carbocycles. The van der Waals surface area contributed by atoms with E-state index in [9.17, 15) is 4.79 Å². The fraction of sp³-hybridized carbons (Fsp3) is 0.941. The van der Waals surface area contributed by atoms with Crippen LogP contribution in [0.5, 0.6) is 0 Å². The van der Waals surface area contributed by atoms with Gasteiger partial charge >= 0.3 is 0 Å². The summed E-state index contributed by atoms with van der Waals surface area (Å²) in [6, 6.07) is 0.544. The third-order valence-electron chi connectivity index (χ3n) is 6.44. The molecule has 20 heavy (non-hydrogen) atoms. The maximum absolute atomic E-state index is 12.8. The van der Waals surface area contributed by atoms with Crippen LogP contribution in [-0.2, 0) is 4.79 Å². The Morgan fingerprint density at radius 2 is 1.95 bits per heavy atom. The number of rotatable bonds is 4. The number of fused-ring (bicyclic) bond motifs is 5. The van der Waals surface area contributed by atoms with Crippen LogP contribution in [0.15, 0.2) is 0 Å². The van der Waals surface area contributed by atoms with Gasteiger partial charge in [0.15, 0.2) is 0 Å². The Balaban J connectivity index is 1.35. The van der Waals surface area contributed by atoms with Crippen molar-refractivity contribution in [2.24, 2.45) is 29.6 Å². The van der Waals surface area contributed by atoms with Gasteiger partial charge in [0.25, 0.3) is 0 Å². The number of amides is 1. The van der Waals surface area contributed by atoms with Crippen molar-refractivity contribution in [1.29, 1.82) is 0 Å². The van der Waals surface area contributed by atoms with E-state index in [0.29, 0.717) is 17.9 Å². The summed E-state index contributed by atoms with van der Waals surface area (Å²) in [6.07, 6.45) is 7.88. The molecule has 0 aromatic carbocycles. The predicted octanol–water partition coefficient (Wildman–Crippen LogP) is 2.27. The van der Waals surface area contributed by atoms with Crippen molar-refractivity contribution >= 4 is 5.91 Å². The van der Waals surface area contributed by atoms with Gasteiger partial charge in [-0.05, 0) is 68.7 Å². The van der Waals surface area contributed by atoms with E-state index in [1.807, 2.05) is 0 Å². The second kappa shape index (κ2) is 5.01. The van der Waals surface area contributed by atoms with Crippen molar-refractivity contribution in [3.8, 4) is 0 Å². The van der Waals surface area contributed by atoms with Crippen LogP contribution in [0.3, 0.4) is 0 Å². The molecular weight excluding hydrogens is 248 g/mol. The molecule has 2 bridgehead atoms. The van der Waals surface area contributed by atoms with Gasteiger partial charge in [-0.1, -0.05) is 6.92 Å². The van der Waals surface area contributed by atoms with Gasteiger partial charge in [-0.2, -0.15) is 0 Å². The molecular formula is C17H28N2O. The highest BCUT2D eigenvalue weighted by atomic mass is 16.2. The Morgan fingerprint density at radius 3 is 2.65 bits per heavy atom. The summed E-state index contributed by atoms with van der Waals surface area (Å²) in [5, 5.41) is 3.60. The molecule has 5 atom stereocenters. The fourth-order valence-electron chi connectivity index (χ4n) is 5.56. The molecule has 1 amide bonds. The normalized spacial score (nSPS) is 45.5. The van der Waals surface area contributed by atoms with Crippen molar-refractivity contribution in [2.45, 2.75) is 51.5 Å². The average Bonchev–Trinajstić information content (AvgIpc) is 2.91. The summed E-state index contributed by atoms with van der Waals surface area (Å²) in [6.45, 7) is 5.27. The SMILES string of the molecule is CCCNC1CCCN(C(=O)C2C3C4CCC(C4)C23)C1. The Hall–Kier alpha value is -0.570. The lowest BCUT2D eigenvalue weighted by atomic mass is 9.99. The van der Waals surface area contributed by atoms with Crippen molar-refractivity contribution in [1.82, 2.24) is 10.2 Å². The van der Waals surface area contributed by atoms with Crippen LogP contribution in [0, 0.1) is 29.6 Å². The lowest BCUT2D eigenvalue weighted by Gasteiger charge is -2.34. The van der Waals surface area contributed by atoms with E-state index in [4.69, 9.17) is 0 Å². The molecule has 4 aliphatic rings. The highest BCUT2D eigenvalue weighted by molar-refractivity contribution is 5.83. The molecule has 0 spiro atoms. The first kappa shape index (κ1) is 13.1. The molecule has 1 saturated heterocycles. The fourth-order valence-corrected chi connectivity index (χ4v) is 5.56. The number of nitrogens with zero attached hydrogens (tertiary/aromatic N) is 1. The quantitative estimate of drug-likeness (QED) is 0.854. The lowest BCUT2D eigenvalue weighted by Crippen LogP contribution is -2.49. The molecule has 0 aromatic rings. The zero-order valence-corrected chi connectivity index (χ0v) is 12.7. The minimum Gasteiger partial charge on any atom is -0.341 e. The molecule has 3 aliphatic carbocycles. The van der Waals surface area contributed by atoms with Crippen LogP contribution in [-0.4, -0.2) is 36.5 Å². The first-order valence-electron chi connectivity index (χ1n) is 8.81. The maximum atomic E-state index is 12.8. The van der Waals surface area contributed by atoms with E-state index in [1.54, 1.807) is 0 Å². The molecule has 1 N–H and O–H groups in total. The summed E-state index contributed by atoms with van der Waals surface area (Å²) >= 11 is 0. The average molecular weight is 276 g/mol. The zero-order chi connectivity index (χ0) is 13.7. The Kier molecular flexibility index (Phi) is 3.29. The third kappa shape index (κ3) is 2.01. The standard InChI is InChI=1S/C17H28N2O/c1-2-7-18-13-4-3-8-19(10-13)17(20)16-14-11-5-6-12(9-11)15(14)16/h11-16,18H,2-10H2,1H3. The monoisotopic (exact) mass is 276 g/mol. The summed E-state index contributed by atoms with van der Waals surface area (Å²) in [5.74, 6) is 4.37. The van der Waals surface area contributed by atoms with Gasteiger partial charge in [0.2, 0.25) is 5.91 Å². The molecule has 4 rings (SSSR count). The van der Waals surface area contributed by atoms with Gasteiger partial charge in [0, 0.05) is 25.0 Å². The molecule has 3 nitrogen and oxygen atoms in total. The van der Waals surface area contributed by atoms with Gasteiger partial charge in [-0.25, -0.2) is 0 Å². The largest absolute Gasteiger partial charge is 0.341 e. The van der Waals surface area contributed by atoms with Gasteiger partial charge in [0.1, 0.15) is 0 Å². The lowest BCUT2D eigenvalue weighted by molar-refractivity contribution is -0.135. The zero-order valence-electron chi connectivity index (χ0n) is 12.7. The van der Waals surface area contributed by atoms with Crippen molar-refractivity contribution in [3.05, 3.63) is 0 Å². The molecule has 0 radical (unpaired) electrons. The first-order chi connectivity index (χ1) is 9.79. The molecule has 3 heteroatoms. The number of hydrogen-bond donors (Lipinski definition) is 1. The Morgan fingerprint density at radius 1 is 1.20 bits per heavy atom. The van der Waals surface area contributed by atoms with Gasteiger partial charge in [0.05, 0.1) is 0 Å². The number of likely N-dealkylation sites (tertiary alicyclic amines) is 1. The van der Waals surface area contributed by atoms with Crippen LogP contribution in [0.4, 0.5) is 0 Å². The summed E-state index contributed by atoms with van der Waals surface area (Å²) in [7, 11) is 0. The van der Waals surface area contributed by atoms with E-state index in [2.05, 4.69) is 17.1 Å². The van der Waals surface area contributed by atoms with Crippen LogP contribution in [0.25, 0.3) is 0 Å². The number of hydrogen-bond acceptors (Lipinski definition) is 2. The molecule has 5 unspecified atom stereocenters. The minimum absolute atomic E-state index is 0.436. The second-order valence-corrected chi connectivity index (χ2v) is 7.59. The van der Waals surface area contributed by atoms with Crippen molar-refractivity contribution < 1.29 is 4.79 Å². The number of carbonyl (C=O) groups is 1. The van der Waals surface area contributed by atoms with Gasteiger partial charge in [-0.3, -0.25) is 4.79 Å². The predicted molar refractivity (Wildman–Crippen MR) is 79.2 cm³/mol. The van der Waals surface area contributed by atoms with Gasteiger partial charge < -0.3 is 10.2 Å². The summed E-state index contributed by atoms with van der Waals surface area (Å²) in [5.41, 5.74) is 0. The molecule has 1 heterocycles. The Bertz CT molecular complexity index is 380. The van der Waals surface area contributed by atoms with Crippen LogP contribution in [0.1, 0.15) is 45.4 Å². The minimum atomic E-state index is 0.436. The number of nitrogens with one attached hydrogen (secondary N) is 1. The van der Waals surface area contributed by atoms with E-state index in [0.717, 1.165) is 43.3 Å². The molecule has 4 fully saturated rings. The van der Waals surface area contributed by atoms with Crippen molar-refractivity contribution in [2.75, 3.05) is 19.6 Å². The van der Waals surface area contributed by atoms with E-state index in [-0.39, 0.29) is 0 Å². The third-order valence-corrected chi connectivity index (χ3v) is 6.44. The van der Waals surface area contributed by atoms with Crippen molar-refractivity contribution in [3.63, 3.8) is 0 Å². The summed E-state index contributed by atoms with van der Waals surface area (Å²) < 4.78 is 0. The highest BCUT2D eigenvalue weighted by Crippen LogP contribution is 2.69. The Labute approximate surface area is 122 Å².